The Labute approximate surface area is 113 Å². The molecule has 3 rings (SSSR count). The molecule has 1 aliphatic rings. The van der Waals surface area contributed by atoms with Crippen molar-refractivity contribution in [2.45, 2.75) is 25.3 Å². The lowest BCUT2D eigenvalue weighted by Gasteiger charge is -2.19. The molecule has 0 fully saturated rings. The van der Waals surface area contributed by atoms with Gasteiger partial charge in [0, 0.05) is 10.9 Å². The number of halogens is 1. The first-order valence-corrected chi connectivity index (χ1v) is 7.57. The van der Waals surface area contributed by atoms with Crippen LogP contribution >= 0.6 is 34.3 Å². The fraction of sp³-hybridized carbons (Fsp3) is 0.455. The van der Waals surface area contributed by atoms with Gasteiger partial charge < -0.3 is 5.32 Å². The molecule has 1 atom stereocenters. The number of aromatic nitrogens is 2. The fourth-order valence-electron chi connectivity index (χ4n) is 2.14. The summed E-state index contributed by atoms with van der Waals surface area (Å²) in [5, 5.41) is 5.30. The van der Waals surface area contributed by atoms with Crippen LogP contribution in [0.5, 0.6) is 0 Å². The first kappa shape index (κ1) is 11.6. The maximum Gasteiger partial charge on any atom is 0.153 e. The van der Waals surface area contributed by atoms with E-state index in [1.54, 1.807) is 17.5 Å². The van der Waals surface area contributed by atoms with Gasteiger partial charge >= 0.3 is 0 Å². The van der Waals surface area contributed by atoms with E-state index < -0.39 is 0 Å². The third-order valence-electron chi connectivity index (χ3n) is 2.96. The second-order valence-electron chi connectivity index (χ2n) is 4.03. The van der Waals surface area contributed by atoms with E-state index in [2.05, 4.69) is 10.3 Å². The van der Waals surface area contributed by atoms with Crippen LogP contribution in [0.3, 0.4) is 0 Å². The summed E-state index contributed by atoms with van der Waals surface area (Å²) in [6.07, 6.45) is 5.19. The fourth-order valence-corrected chi connectivity index (χ4v) is 4.33. The summed E-state index contributed by atoms with van der Waals surface area (Å²) in [5.74, 6) is 0. The molecule has 1 unspecified atom stereocenters. The number of thiazole rings is 2. The molecular formula is C11H12ClN3S2. The van der Waals surface area contributed by atoms with Crippen molar-refractivity contribution < 1.29 is 0 Å². The Morgan fingerprint density at radius 1 is 1.41 bits per heavy atom. The Balaban J connectivity index is 2.01. The van der Waals surface area contributed by atoms with Crippen LogP contribution in [0.15, 0.2) is 6.20 Å². The molecule has 0 spiro atoms. The van der Waals surface area contributed by atoms with Crippen LogP contribution < -0.4 is 5.32 Å². The Morgan fingerprint density at radius 2 is 2.29 bits per heavy atom. The van der Waals surface area contributed by atoms with Gasteiger partial charge in [0.25, 0.3) is 0 Å². The smallest absolute Gasteiger partial charge is 0.153 e. The van der Waals surface area contributed by atoms with Gasteiger partial charge in [0.05, 0.1) is 11.9 Å². The van der Waals surface area contributed by atoms with Crippen molar-refractivity contribution in [3.8, 4) is 10.0 Å². The largest absolute Gasteiger partial charge is 0.312 e. The van der Waals surface area contributed by atoms with Crippen molar-refractivity contribution in [1.82, 2.24) is 15.3 Å². The maximum absolute atomic E-state index is 5.91. The van der Waals surface area contributed by atoms with Crippen molar-refractivity contribution in [1.29, 1.82) is 0 Å². The topological polar surface area (TPSA) is 37.8 Å². The van der Waals surface area contributed by atoms with Crippen LogP contribution in [0.25, 0.3) is 10.0 Å². The Bertz CT molecular complexity index is 535. The van der Waals surface area contributed by atoms with E-state index in [0.29, 0.717) is 6.04 Å². The lowest BCUT2D eigenvalue weighted by atomic mass is 9.98. The van der Waals surface area contributed by atoms with Crippen LogP contribution in [0, 0.1) is 0 Å². The molecule has 2 aromatic rings. The van der Waals surface area contributed by atoms with Crippen molar-refractivity contribution >= 4 is 34.3 Å². The average molecular weight is 286 g/mol. The Morgan fingerprint density at radius 3 is 3.00 bits per heavy atom. The zero-order valence-electron chi connectivity index (χ0n) is 9.36. The normalized spacial score (nSPS) is 19.3. The van der Waals surface area contributed by atoms with Crippen LogP contribution in [0.2, 0.25) is 4.34 Å². The van der Waals surface area contributed by atoms with Crippen LogP contribution in [-0.4, -0.2) is 17.0 Å². The highest BCUT2D eigenvalue weighted by Crippen LogP contribution is 2.39. The third kappa shape index (κ3) is 2.12. The minimum atomic E-state index is 0.459. The zero-order valence-corrected chi connectivity index (χ0v) is 11.8. The molecule has 0 radical (unpaired) electrons. The lowest BCUT2D eigenvalue weighted by Crippen LogP contribution is -2.19. The monoisotopic (exact) mass is 285 g/mol. The third-order valence-corrected chi connectivity index (χ3v) is 5.43. The van der Waals surface area contributed by atoms with Crippen LogP contribution in [-0.2, 0) is 6.42 Å². The Kier molecular flexibility index (Phi) is 3.17. The van der Waals surface area contributed by atoms with E-state index in [1.807, 2.05) is 7.05 Å². The molecule has 0 aliphatic heterocycles. The molecule has 17 heavy (non-hydrogen) atoms. The van der Waals surface area contributed by atoms with Gasteiger partial charge in [-0.05, 0) is 26.3 Å². The molecule has 2 aromatic heterocycles. The van der Waals surface area contributed by atoms with Gasteiger partial charge in [0.15, 0.2) is 10.0 Å². The van der Waals surface area contributed by atoms with Gasteiger partial charge in [0.2, 0.25) is 0 Å². The predicted molar refractivity (Wildman–Crippen MR) is 73.0 cm³/mol. The van der Waals surface area contributed by atoms with Crippen molar-refractivity contribution in [3.63, 3.8) is 0 Å². The van der Waals surface area contributed by atoms with E-state index in [-0.39, 0.29) is 0 Å². The van der Waals surface area contributed by atoms with Gasteiger partial charge in [-0.1, -0.05) is 22.9 Å². The van der Waals surface area contributed by atoms with E-state index in [4.69, 9.17) is 16.6 Å². The molecule has 3 nitrogen and oxygen atoms in total. The molecule has 2 heterocycles. The molecule has 0 aromatic carbocycles. The molecule has 90 valence electrons. The van der Waals surface area contributed by atoms with Gasteiger partial charge in [0.1, 0.15) is 4.34 Å². The first-order valence-electron chi connectivity index (χ1n) is 5.56. The Hall–Kier alpha value is -0.490. The maximum atomic E-state index is 5.91. The highest BCUT2D eigenvalue weighted by Gasteiger charge is 2.24. The quantitative estimate of drug-likeness (QED) is 0.917. The summed E-state index contributed by atoms with van der Waals surface area (Å²) in [6, 6.07) is 0.459. The summed E-state index contributed by atoms with van der Waals surface area (Å²) in [5.41, 5.74) is 1.24. The van der Waals surface area contributed by atoms with Gasteiger partial charge in [-0.15, -0.1) is 11.3 Å². The summed E-state index contributed by atoms with van der Waals surface area (Å²) in [4.78, 5) is 10.4. The lowest BCUT2D eigenvalue weighted by molar-refractivity contribution is 0.501. The highest BCUT2D eigenvalue weighted by molar-refractivity contribution is 7.23. The van der Waals surface area contributed by atoms with Crippen molar-refractivity contribution in [3.05, 3.63) is 21.1 Å². The van der Waals surface area contributed by atoms with E-state index >= 15 is 0 Å². The summed E-state index contributed by atoms with van der Waals surface area (Å²) < 4.78 is 0.721. The second kappa shape index (κ2) is 4.65. The summed E-state index contributed by atoms with van der Waals surface area (Å²) in [6.45, 7) is 0. The summed E-state index contributed by atoms with van der Waals surface area (Å²) >= 11 is 9.16. The van der Waals surface area contributed by atoms with E-state index in [0.717, 1.165) is 20.8 Å². The number of hydrogen-bond donors (Lipinski definition) is 1. The number of nitrogens with zero attached hydrogens (tertiary/aromatic N) is 2. The number of nitrogens with one attached hydrogen (secondary N) is 1. The SMILES string of the molecule is CNC1CCCc2nc(-c3ncc(Cl)s3)sc21. The van der Waals surface area contributed by atoms with Gasteiger partial charge in [-0.2, -0.15) is 0 Å². The second-order valence-corrected chi connectivity index (χ2v) is 6.73. The van der Waals surface area contributed by atoms with Gasteiger partial charge in [-0.3, -0.25) is 0 Å². The minimum Gasteiger partial charge on any atom is -0.312 e. The zero-order chi connectivity index (χ0) is 11.8. The molecule has 1 N–H and O–H groups in total. The highest BCUT2D eigenvalue weighted by atomic mass is 35.5. The summed E-state index contributed by atoms with van der Waals surface area (Å²) in [7, 11) is 2.01. The average Bonchev–Trinajstić information content (AvgIpc) is 2.93. The van der Waals surface area contributed by atoms with E-state index in [9.17, 15) is 0 Å². The first-order chi connectivity index (χ1) is 8.28. The number of rotatable bonds is 2. The molecule has 1 aliphatic carbocycles. The van der Waals surface area contributed by atoms with Crippen molar-refractivity contribution in [2.24, 2.45) is 0 Å². The molecule has 0 bridgehead atoms. The molecule has 6 heteroatoms. The molecule has 0 saturated carbocycles. The van der Waals surface area contributed by atoms with Gasteiger partial charge in [-0.25, -0.2) is 9.97 Å². The molecule has 0 amide bonds. The predicted octanol–water partition coefficient (Wildman–Crippen LogP) is 3.52. The molecular weight excluding hydrogens is 274 g/mol. The van der Waals surface area contributed by atoms with Crippen LogP contribution in [0.4, 0.5) is 0 Å². The minimum absolute atomic E-state index is 0.459. The number of fused-ring (bicyclic) bond motifs is 1. The number of aryl methyl sites for hydroxylation is 1. The standard InChI is InChI=1S/C11H12ClN3S2/c1-13-6-3-2-4-7-9(6)17-11(15-7)10-14-5-8(12)16-10/h5-6,13H,2-4H2,1H3. The molecule has 0 saturated heterocycles. The van der Waals surface area contributed by atoms with Crippen molar-refractivity contribution in [2.75, 3.05) is 7.05 Å². The van der Waals surface area contributed by atoms with E-state index in [1.165, 1.54) is 34.7 Å². The van der Waals surface area contributed by atoms with Crippen LogP contribution in [0.1, 0.15) is 29.5 Å². The number of hydrogen-bond acceptors (Lipinski definition) is 5.